The largest absolute Gasteiger partial charge is 0.497 e. The number of rotatable bonds is 3. The van der Waals surface area contributed by atoms with Gasteiger partial charge in [-0.2, -0.15) is 15.6 Å². The van der Waals surface area contributed by atoms with Crippen molar-refractivity contribution in [2.24, 2.45) is 5.41 Å². The zero-order chi connectivity index (χ0) is 28.9. The first-order valence-corrected chi connectivity index (χ1v) is 12.7. The Morgan fingerprint density at radius 2 is 1.52 bits per heavy atom. The number of carbonyl (C=O) groups excluding carboxylic acids is 2. The van der Waals surface area contributed by atoms with E-state index in [0.717, 1.165) is 9.96 Å². The molecule has 3 atom stereocenters. The molecule has 3 aromatic rings. The summed E-state index contributed by atoms with van der Waals surface area (Å²) in [4.78, 5) is 29.2. The van der Waals surface area contributed by atoms with Gasteiger partial charge in [-0.15, -0.1) is 0 Å². The number of nitrogens with zero attached hydrogens (tertiary/aromatic N) is 4. The zero-order valence-corrected chi connectivity index (χ0v) is 22.5. The van der Waals surface area contributed by atoms with E-state index in [0.29, 0.717) is 16.9 Å². The predicted octanol–water partition coefficient (Wildman–Crippen LogP) is 5.44. The van der Waals surface area contributed by atoms with Crippen LogP contribution in [0.5, 0.6) is 5.75 Å². The van der Waals surface area contributed by atoms with Crippen molar-refractivity contribution in [1.82, 2.24) is 5.06 Å². The Labute approximate surface area is 232 Å². The first kappa shape index (κ1) is 26.9. The van der Waals surface area contributed by atoms with Crippen LogP contribution in [0.3, 0.4) is 0 Å². The van der Waals surface area contributed by atoms with Crippen LogP contribution in [0.1, 0.15) is 49.4 Å². The van der Waals surface area contributed by atoms with Crippen LogP contribution >= 0.6 is 0 Å². The molecule has 0 unspecified atom stereocenters. The Balaban J connectivity index is 1.89. The number of hydroxylamine groups is 2. The maximum atomic E-state index is 14.8. The minimum atomic E-state index is -2.06. The Morgan fingerprint density at radius 1 is 0.950 bits per heavy atom. The summed E-state index contributed by atoms with van der Waals surface area (Å²) in [6, 6.07) is 25.1. The van der Waals surface area contributed by atoms with Crippen molar-refractivity contribution in [3.8, 4) is 17.9 Å². The summed E-state index contributed by atoms with van der Waals surface area (Å²) in [5.74, 6) is -1.70. The maximum Gasteiger partial charge on any atom is 0.421 e. The van der Waals surface area contributed by atoms with Gasteiger partial charge in [0.25, 0.3) is 5.91 Å². The zero-order valence-electron chi connectivity index (χ0n) is 22.5. The molecule has 0 aromatic heterocycles. The van der Waals surface area contributed by atoms with Crippen molar-refractivity contribution in [2.75, 3.05) is 12.0 Å². The van der Waals surface area contributed by atoms with Gasteiger partial charge < -0.3 is 14.7 Å². The fraction of sp³-hybridized carbons (Fsp3) is 0.290. The number of carbonyl (C=O) groups is 2. The maximum absolute atomic E-state index is 14.8. The molecule has 1 fully saturated rings. The molecule has 202 valence electrons. The highest BCUT2D eigenvalue weighted by Gasteiger charge is 2.76. The average Bonchev–Trinajstić information content (AvgIpc) is 3.34. The molecule has 2 heterocycles. The number of benzene rings is 3. The number of ether oxygens (including phenoxy) is 2. The lowest BCUT2D eigenvalue weighted by Crippen LogP contribution is -2.53. The van der Waals surface area contributed by atoms with Gasteiger partial charge in [-0.25, -0.2) is 9.69 Å². The Hall–Kier alpha value is -4.70. The molecule has 1 N–H and O–H groups in total. The van der Waals surface area contributed by atoms with Gasteiger partial charge in [0.2, 0.25) is 0 Å². The van der Waals surface area contributed by atoms with Gasteiger partial charge in [0, 0.05) is 5.56 Å². The lowest BCUT2D eigenvalue weighted by Gasteiger charge is -2.36. The number of nitriles is 2. The van der Waals surface area contributed by atoms with Crippen LogP contribution in [0.15, 0.2) is 78.9 Å². The standard InChI is InChI=1S/C31H28N4O5/c1-29(2,3)40-28(37)34-24-16-15-22(39-4)17-23(24)31(27(34)36)25(20-11-7-5-8-12-20)30(18-32,19-33)26(35(31)38)21-13-9-6-10-14-21/h5-17,25-26,38H,1-4H3/t25-,26-,31+/m1/s1. The van der Waals surface area contributed by atoms with E-state index in [1.807, 2.05) is 0 Å². The highest BCUT2D eigenvalue weighted by Crippen LogP contribution is 2.68. The lowest BCUT2D eigenvalue weighted by atomic mass is 9.63. The number of hydrogen-bond donors (Lipinski definition) is 1. The number of fused-ring (bicyclic) bond motifs is 2. The van der Waals surface area contributed by atoms with E-state index in [-0.39, 0.29) is 11.3 Å². The molecule has 2 aliphatic heterocycles. The van der Waals surface area contributed by atoms with Crippen molar-refractivity contribution in [2.45, 2.75) is 43.9 Å². The number of methoxy groups -OCH3 is 1. The SMILES string of the molecule is COc1ccc2c(c1)[C@@]1(C(=O)N2C(=O)OC(C)(C)C)[C@H](c2ccccc2)C(C#N)(C#N)[C@@H](c2ccccc2)N1O. The summed E-state index contributed by atoms with van der Waals surface area (Å²) in [6.07, 6.45) is -0.941. The number of amides is 2. The number of anilines is 1. The molecule has 2 aliphatic rings. The van der Waals surface area contributed by atoms with Crippen molar-refractivity contribution < 1.29 is 24.3 Å². The van der Waals surface area contributed by atoms with E-state index in [2.05, 4.69) is 12.1 Å². The summed E-state index contributed by atoms with van der Waals surface area (Å²) in [5, 5.41) is 34.5. The summed E-state index contributed by atoms with van der Waals surface area (Å²) >= 11 is 0. The predicted molar refractivity (Wildman–Crippen MR) is 144 cm³/mol. The quantitative estimate of drug-likeness (QED) is 0.469. The van der Waals surface area contributed by atoms with Crippen LogP contribution in [0.25, 0.3) is 0 Å². The molecule has 3 aromatic carbocycles. The van der Waals surface area contributed by atoms with Crippen molar-refractivity contribution in [3.05, 3.63) is 95.6 Å². The molecule has 0 bridgehead atoms. The Kier molecular flexibility index (Phi) is 6.38. The minimum Gasteiger partial charge on any atom is -0.497 e. The van der Waals surface area contributed by atoms with Gasteiger partial charge in [-0.1, -0.05) is 60.7 Å². The van der Waals surface area contributed by atoms with E-state index < -0.39 is 40.5 Å². The summed E-state index contributed by atoms with van der Waals surface area (Å²) in [6.45, 7) is 5.04. The Morgan fingerprint density at radius 3 is 2.05 bits per heavy atom. The average molecular weight is 537 g/mol. The third-order valence-electron chi connectivity index (χ3n) is 7.49. The molecule has 1 saturated heterocycles. The van der Waals surface area contributed by atoms with E-state index in [4.69, 9.17) is 9.47 Å². The van der Waals surface area contributed by atoms with Gasteiger partial charge in [-0.05, 0) is 50.1 Å². The fourth-order valence-electron chi connectivity index (χ4n) is 6.01. The van der Waals surface area contributed by atoms with Crippen LogP contribution in [-0.2, 0) is 15.1 Å². The number of hydrogen-bond acceptors (Lipinski definition) is 8. The van der Waals surface area contributed by atoms with Gasteiger partial charge in [0.1, 0.15) is 11.4 Å². The third kappa shape index (κ3) is 3.67. The minimum absolute atomic E-state index is 0.165. The second kappa shape index (κ2) is 9.49. The van der Waals surface area contributed by atoms with Gasteiger partial charge in [0.15, 0.2) is 11.0 Å². The summed E-state index contributed by atoms with van der Waals surface area (Å²) in [7, 11) is 1.46. The first-order valence-electron chi connectivity index (χ1n) is 12.7. The molecule has 2 amide bonds. The molecule has 5 rings (SSSR count). The molecular weight excluding hydrogens is 508 g/mol. The summed E-state index contributed by atoms with van der Waals surface area (Å²) < 4.78 is 11.1. The normalized spacial score (nSPS) is 23.4. The van der Waals surface area contributed by atoms with E-state index in [1.165, 1.54) is 13.2 Å². The first-order chi connectivity index (χ1) is 19.1. The monoisotopic (exact) mass is 536 g/mol. The fourth-order valence-corrected chi connectivity index (χ4v) is 6.01. The second-order valence-corrected chi connectivity index (χ2v) is 10.9. The van der Waals surface area contributed by atoms with Crippen LogP contribution in [0, 0.1) is 28.1 Å². The van der Waals surface area contributed by atoms with E-state index in [9.17, 15) is 25.3 Å². The molecule has 9 heteroatoms. The van der Waals surface area contributed by atoms with Gasteiger partial charge in [-0.3, -0.25) is 4.79 Å². The van der Waals surface area contributed by atoms with Crippen molar-refractivity contribution >= 4 is 17.7 Å². The highest BCUT2D eigenvalue weighted by atomic mass is 16.6. The Bertz CT molecular complexity index is 1540. The smallest absolute Gasteiger partial charge is 0.421 e. The molecule has 0 aliphatic carbocycles. The van der Waals surface area contributed by atoms with Crippen LogP contribution in [-0.4, -0.2) is 35.0 Å². The van der Waals surface area contributed by atoms with Crippen LogP contribution < -0.4 is 9.64 Å². The topological polar surface area (TPSA) is 127 Å². The molecule has 0 radical (unpaired) electrons. The molecular formula is C31H28N4O5. The molecule has 1 spiro atoms. The van der Waals surface area contributed by atoms with Crippen molar-refractivity contribution in [1.29, 1.82) is 10.5 Å². The second-order valence-electron chi connectivity index (χ2n) is 10.9. The third-order valence-corrected chi connectivity index (χ3v) is 7.49. The van der Waals surface area contributed by atoms with Crippen LogP contribution in [0.4, 0.5) is 10.5 Å². The molecule has 40 heavy (non-hydrogen) atoms. The van der Waals surface area contributed by atoms with Crippen LogP contribution in [0.2, 0.25) is 0 Å². The number of imide groups is 1. The van der Waals surface area contributed by atoms with Crippen molar-refractivity contribution in [3.63, 3.8) is 0 Å². The molecule has 9 nitrogen and oxygen atoms in total. The van der Waals surface area contributed by atoms with E-state index in [1.54, 1.807) is 93.6 Å². The van der Waals surface area contributed by atoms with Gasteiger partial charge in [0.05, 0.1) is 36.9 Å². The van der Waals surface area contributed by atoms with Gasteiger partial charge >= 0.3 is 6.09 Å². The summed E-state index contributed by atoms with van der Waals surface area (Å²) in [5.41, 5.74) is -3.64. The van der Waals surface area contributed by atoms with E-state index >= 15 is 0 Å². The molecule has 0 saturated carbocycles. The highest BCUT2D eigenvalue weighted by molar-refractivity contribution is 6.21. The lowest BCUT2D eigenvalue weighted by molar-refractivity contribution is -0.189.